The fourth-order valence-corrected chi connectivity index (χ4v) is 3.32. The van der Waals surface area contributed by atoms with Crippen LogP contribution in [0.1, 0.15) is 17.5 Å². The van der Waals surface area contributed by atoms with Gasteiger partial charge in [-0.3, -0.25) is 4.79 Å². The number of sulfonamides is 1. The molecule has 2 aromatic rings. The number of carbonyl (C=O) groups is 1. The zero-order valence-electron chi connectivity index (χ0n) is 13.5. The first-order valence-corrected chi connectivity index (χ1v) is 9.26. The number of anilines is 1. The summed E-state index contributed by atoms with van der Waals surface area (Å²) in [6, 6.07) is 11.6. The van der Waals surface area contributed by atoms with Crippen LogP contribution in [0.5, 0.6) is 0 Å². The van der Waals surface area contributed by atoms with Crippen molar-refractivity contribution in [2.24, 2.45) is 0 Å². The van der Waals surface area contributed by atoms with Gasteiger partial charge in [-0.1, -0.05) is 29.3 Å². The molecule has 0 atom stereocenters. The summed E-state index contributed by atoms with van der Waals surface area (Å²) in [5.41, 5.74) is 2.80. The van der Waals surface area contributed by atoms with E-state index in [1.807, 2.05) is 32.0 Å². The molecule has 0 radical (unpaired) electrons. The lowest BCUT2D eigenvalue weighted by Gasteiger charge is -2.10. The normalized spacial score (nSPS) is 11.3. The van der Waals surface area contributed by atoms with Gasteiger partial charge < -0.3 is 5.32 Å². The number of aryl methyl sites for hydroxylation is 2. The van der Waals surface area contributed by atoms with Gasteiger partial charge in [0.2, 0.25) is 15.9 Å². The third-order valence-electron chi connectivity index (χ3n) is 3.42. The lowest BCUT2D eigenvalue weighted by Crippen LogP contribution is -2.27. The molecule has 0 bridgehead atoms. The lowest BCUT2D eigenvalue weighted by molar-refractivity contribution is -0.116. The molecule has 0 spiro atoms. The summed E-state index contributed by atoms with van der Waals surface area (Å²) in [6.45, 7) is 3.90. The fraction of sp³-hybridized carbons (Fsp3) is 0.235. The van der Waals surface area contributed by atoms with Crippen LogP contribution in [0.4, 0.5) is 5.69 Å². The Labute approximate surface area is 147 Å². The zero-order chi connectivity index (χ0) is 17.7. The molecule has 1 amide bonds. The van der Waals surface area contributed by atoms with Crippen molar-refractivity contribution in [3.05, 3.63) is 58.6 Å². The van der Waals surface area contributed by atoms with Crippen molar-refractivity contribution in [2.75, 3.05) is 11.9 Å². The Balaban J connectivity index is 1.89. The van der Waals surface area contributed by atoms with Crippen molar-refractivity contribution in [2.45, 2.75) is 25.2 Å². The van der Waals surface area contributed by atoms with Gasteiger partial charge in [-0.15, -0.1) is 0 Å². The van der Waals surface area contributed by atoms with Crippen LogP contribution in [-0.2, 0) is 14.8 Å². The van der Waals surface area contributed by atoms with E-state index >= 15 is 0 Å². The van der Waals surface area contributed by atoms with Crippen molar-refractivity contribution in [3.8, 4) is 0 Å². The van der Waals surface area contributed by atoms with Gasteiger partial charge in [-0.25, -0.2) is 13.1 Å². The number of hydrogen-bond acceptors (Lipinski definition) is 3. The van der Waals surface area contributed by atoms with Crippen molar-refractivity contribution >= 4 is 33.2 Å². The Morgan fingerprint density at radius 1 is 1.08 bits per heavy atom. The maximum absolute atomic E-state index is 12.1. The molecule has 5 nitrogen and oxygen atoms in total. The Kier molecular flexibility index (Phi) is 5.99. The van der Waals surface area contributed by atoms with Crippen LogP contribution in [-0.4, -0.2) is 20.9 Å². The Hall–Kier alpha value is -1.89. The predicted octanol–water partition coefficient (Wildman–Crippen LogP) is 3.26. The van der Waals surface area contributed by atoms with Gasteiger partial charge in [-0.2, -0.15) is 0 Å². The molecule has 0 saturated heterocycles. The van der Waals surface area contributed by atoms with Crippen LogP contribution in [0.15, 0.2) is 47.4 Å². The number of halogens is 1. The fourth-order valence-electron chi connectivity index (χ4n) is 2.16. The number of amides is 1. The number of rotatable bonds is 6. The van der Waals surface area contributed by atoms with Gasteiger partial charge in [-0.05, 0) is 49.7 Å². The van der Waals surface area contributed by atoms with Gasteiger partial charge in [0.05, 0.1) is 4.90 Å². The lowest BCUT2D eigenvalue weighted by atomic mass is 10.1. The van der Waals surface area contributed by atoms with Crippen molar-refractivity contribution in [1.82, 2.24) is 4.72 Å². The van der Waals surface area contributed by atoms with E-state index in [1.54, 1.807) is 0 Å². The summed E-state index contributed by atoms with van der Waals surface area (Å²) in [6.07, 6.45) is 0.0418. The van der Waals surface area contributed by atoms with Crippen LogP contribution in [0.2, 0.25) is 5.02 Å². The summed E-state index contributed by atoms with van der Waals surface area (Å²) in [5.74, 6) is -0.249. The molecule has 0 aromatic heterocycles. The Morgan fingerprint density at radius 3 is 2.38 bits per heavy atom. The minimum Gasteiger partial charge on any atom is -0.326 e. The number of carbonyl (C=O) groups excluding carboxylic acids is 1. The van der Waals surface area contributed by atoms with Gasteiger partial charge >= 0.3 is 0 Å². The SMILES string of the molecule is Cc1ccc(NC(=O)CCNS(=O)(=O)c2ccc(Cl)cc2)c(C)c1. The topological polar surface area (TPSA) is 75.3 Å². The van der Waals surface area contributed by atoms with Gasteiger partial charge in [0.15, 0.2) is 0 Å². The van der Waals surface area contributed by atoms with Crippen molar-refractivity contribution < 1.29 is 13.2 Å². The van der Waals surface area contributed by atoms with Crippen LogP contribution in [0.3, 0.4) is 0 Å². The van der Waals surface area contributed by atoms with E-state index in [2.05, 4.69) is 10.0 Å². The van der Waals surface area contributed by atoms with Crippen LogP contribution >= 0.6 is 11.6 Å². The third-order valence-corrected chi connectivity index (χ3v) is 5.15. The highest BCUT2D eigenvalue weighted by molar-refractivity contribution is 7.89. The smallest absolute Gasteiger partial charge is 0.240 e. The standard InChI is InChI=1S/C17H19ClN2O3S/c1-12-3-8-16(13(2)11-12)20-17(21)9-10-19-24(22,23)15-6-4-14(18)5-7-15/h3-8,11,19H,9-10H2,1-2H3,(H,20,21). The summed E-state index contributed by atoms with van der Waals surface area (Å²) in [5, 5.41) is 3.24. The number of nitrogens with one attached hydrogen (secondary N) is 2. The maximum atomic E-state index is 12.1. The van der Waals surface area contributed by atoms with Crippen molar-refractivity contribution in [3.63, 3.8) is 0 Å². The maximum Gasteiger partial charge on any atom is 0.240 e. The first-order chi connectivity index (χ1) is 11.3. The molecule has 0 saturated carbocycles. The molecule has 7 heteroatoms. The molecule has 0 heterocycles. The minimum atomic E-state index is -3.65. The molecule has 0 aliphatic heterocycles. The van der Waals surface area contributed by atoms with Gasteiger partial charge in [0.1, 0.15) is 0 Å². The average molecular weight is 367 g/mol. The van der Waals surface area contributed by atoms with Crippen LogP contribution in [0, 0.1) is 13.8 Å². The van der Waals surface area contributed by atoms with Crippen molar-refractivity contribution in [1.29, 1.82) is 0 Å². The molecule has 24 heavy (non-hydrogen) atoms. The van der Waals surface area contributed by atoms with E-state index in [0.717, 1.165) is 16.8 Å². The second-order valence-electron chi connectivity index (χ2n) is 5.47. The van der Waals surface area contributed by atoms with Gasteiger partial charge in [0.25, 0.3) is 0 Å². The molecule has 2 N–H and O–H groups in total. The monoisotopic (exact) mass is 366 g/mol. The highest BCUT2D eigenvalue weighted by atomic mass is 35.5. The molecule has 0 unspecified atom stereocenters. The largest absolute Gasteiger partial charge is 0.326 e. The number of benzene rings is 2. The predicted molar refractivity (Wildman–Crippen MR) is 95.8 cm³/mol. The second-order valence-corrected chi connectivity index (χ2v) is 7.67. The molecule has 128 valence electrons. The molecule has 0 aliphatic rings. The Morgan fingerprint density at radius 2 is 1.75 bits per heavy atom. The second kappa shape index (κ2) is 7.79. The zero-order valence-corrected chi connectivity index (χ0v) is 15.0. The third kappa shape index (κ3) is 5.06. The molecule has 2 aromatic carbocycles. The van der Waals surface area contributed by atoms with E-state index < -0.39 is 10.0 Å². The molecular formula is C17H19ClN2O3S. The molecule has 0 aliphatic carbocycles. The average Bonchev–Trinajstić information content (AvgIpc) is 2.50. The first-order valence-electron chi connectivity index (χ1n) is 7.40. The first kappa shape index (κ1) is 18.4. The molecular weight excluding hydrogens is 348 g/mol. The van der Waals surface area contributed by atoms with Crippen LogP contribution in [0.25, 0.3) is 0 Å². The van der Waals surface area contributed by atoms with E-state index in [-0.39, 0.29) is 23.8 Å². The van der Waals surface area contributed by atoms with Gasteiger partial charge in [0, 0.05) is 23.7 Å². The van der Waals surface area contributed by atoms with E-state index in [9.17, 15) is 13.2 Å². The quantitative estimate of drug-likeness (QED) is 0.823. The molecule has 2 rings (SSSR count). The van der Waals surface area contributed by atoms with E-state index in [1.165, 1.54) is 24.3 Å². The Bertz CT molecular complexity index is 833. The summed E-state index contributed by atoms with van der Waals surface area (Å²) in [4.78, 5) is 12.1. The summed E-state index contributed by atoms with van der Waals surface area (Å²) < 4.78 is 26.6. The summed E-state index contributed by atoms with van der Waals surface area (Å²) >= 11 is 5.74. The minimum absolute atomic E-state index is 0.0156. The molecule has 0 fully saturated rings. The van der Waals surface area contributed by atoms with Crippen LogP contribution < -0.4 is 10.0 Å². The van der Waals surface area contributed by atoms with E-state index in [0.29, 0.717) is 5.02 Å². The number of hydrogen-bond donors (Lipinski definition) is 2. The van der Waals surface area contributed by atoms with E-state index in [4.69, 9.17) is 11.6 Å². The summed E-state index contributed by atoms with van der Waals surface area (Å²) in [7, 11) is -3.65. The highest BCUT2D eigenvalue weighted by Gasteiger charge is 2.14. The highest BCUT2D eigenvalue weighted by Crippen LogP contribution is 2.16.